The number of amides is 6. The number of carbonyl (C=O) groups excluding carboxylic acids is 10. The average Bonchev–Trinajstić information content (AvgIpc) is 0.904. The van der Waals surface area contributed by atoms with Crippen molar-refractivity contribution in [3.05, 3.63) is 87.4 Å². The number of methoxy groups -OCH3 is 1. The molecule has 1 aliphatic heterocycles. The van der Waals surface area contributed by atoms with E-state index in [1.165, 1.54) is 6.92 Å². The number of ether oxygens (including phenoxy) is 13. The molecule has 10 N–H and O–H groups in total. The van der Waals surface area contributed by atoms with Gasteiger partial charge in [0.2, 0.25) is 29.5 Å². The number of benzene rings is 2. The van der Waals surface area contributed by atoms with E-state index in [1.807, 2.05) is 89.7 Å². The highest BCUT2D eigenvalue weighted by Gasteiger charge is 2.44. The highest BCUT2D eigenvalue weighted by atomic mass is 32.2. The van der Waals surface area contributed by atoms with Crippen LogP contribution in [0.25, 0.3) is 0 Å². The van der Waals surface area contributed by atoms with E-state index in [9.17, 15) is 63.0 Å². The number of nitrogens with two attached hydrogens (primary N) is 1. The number of rotatable bonds is 81. The van der Waals surface area contributed by atoms with Crippen molar-refractivity contribution < 1.29 is 144 Å². The minimum atomic E-state index is -1.37. The molecular weight excluding hydrogens is 1860 g/mol. The Morgan fingerprint density at radius 2 is 1.06 bits per heavy atom. The topological polar surface area (TPSA) is 505 Å². The number of aromatic nitrogens is 1. The van der Waals surface area contributed by atoms with Crippen molar-refractivity contribution >= 4 is 99.8 Å². The number of nitrogens with zero attached hydrogens (tertiary/aromatic N) is 3. The Kier molecular flexibility index (Phi) is 69.5. The van der Waals surface area contributed by atoms with Crippen molar-refractivity contribution in [3.63, 3.8) is 0 Å². The molecule has 0 radical (unpaired) electrons. The molecule has 1 aliphatic rings. The van der Waals surface area contributed by atoms with Crippen LogP contribution in [0.1, 0.15) is 204 Å². The van der Waals surface area contributed by atoms with E-state index in [0.717, 1.165) is 35.3 Å². The van der Waals surface area contributed by atoms with Crippen molar-refractivity contribution in [1.29, 1.82) is 0 Å². The van der Waals surface area contributed by atoms with Gasteiger partial charge in [0.05, 0.1) is 190 Å². The van der Waals surface area contributed by atoms with Crippen molar-refractivity contribution in [1.82, 2.24) is 36.5 Å². The van der Waals surface area contributed by atoms with Crippen LogP contribution >= 0.6 is 23.1 Å². The summed E-state index contributed by atoms with van der Waals surface area (Å²) in [6, 6.07) is 11.2. The number of nitrogens with one attached hydrogen (secondary N) is 5. The Labute approximate surface area is 836 Å². The first-order chi connectivity index (χ1) is 66.6. The lowest BCUT2D eigenvalue weighted by molar-refractivity contribution is -0.941. The predicted octanol–water partition coefficient (Wildman–Crippen LogP) is 8.50. The van der Waals surface area contributed by atoms with Crippen LogP contribution in [0.2, 0.25) is 0 Å². The minimum absolute atomic E-state index is 0. The van der Waals surface area contributed by atoms with Crippen molar-refractivity contribution in [2.24, 2.45) is 41.2 Å². The van der Waals surface area contributed by atoms with Crippen LogP contribution in [0.15, 0.2) is 60.0 Å². The maximum absolute atomic E-state index is 15.1. The van der Waals surface area contributed by atoms with Gasteiger partial charge in [-0.25, -0.2) is 4.98 Å². The van der Waals surface area contributed by atoms with E-state index in [0.29, 0.717) is 186 Å². The van der Waals surface area contributed by atoms with Gasteiger partial charge in [-0.05, 0) is 92.8 Å². The van der Waals surface area contributed by atoms with Gasteiger partial charge < -0.3 is 119 Å². The first-order valence-electron chi connectivity index (χ1n) is 48.6. The number of quaternary nitrogens is 1. The molecule has 140 heavy (non-hydrogen) atoms. The molecule has 3 aromatic rings. The largest absolute Gasteiger partial charge is 0.481 e. The standard InChI is InChI=1S/C97H155N9O29S.C2H6S.CH4/c1-12-69(6)77(96(120)105(9)82(68(4)5)63-87(135-71(8)107)95-104-81(66-136-95)94(119)100-75(58-70(7)97(121)122)59-72-20-14-13-15-21-72)62-86(110)83-23-17-19-34-106(83,10)65-74-26-24-73(25-27-74)60-84(108)79(28-30-90(113)114)102-92(117)76(67(2)3)61-85(109)78(103-93(118)80(64-98)101-89(112)29-31-91(115)116)22-16-18-33-99-88(111)32-35-124-38-39-126-42-43-128-46-47-130-50-51-132-54-55-134-57-56-133-53-52-131-49-48-129-45-44-127-41-40-125-37-36-123-11;1-3-2;/h13-15,20-21,24-27,66-70,75-80,82-83,87H,12,16-19,22-23,28-65,98H2,1-11H3,(H7-,99,100,101,102,103,111,112,113,114,115,116,117,118,119,121,122);1-2H3;1H4/p+1/t69-,70-,75+,76-,77-,78-,79-,80-,82+,83+,87+,106?;;/m0../s1. The molecule has 40 heteroatoms. The molecule has 1 saturated heterocycles. The van der Waals surface area contributed by atoms with Crippen molar-refractivity contribution in [2.45, 2.75) is 227 Å². The van der Waals surface area contributed by atoms with E-state index in [-0.39, 0.29) is 120 Å². The number of piperidine rings is 1. The number of aliphatic carboxylic acids is 3. The molecule has 0 aliphatic carbocycles. The maximum atomic E-state index is 15.1. The molecule has 2 aromatic carbocycles. The molecule has 0 saturated carbocycles. The third kappa shape index (κ3) is 55.4. The van der Waals surface area contributed by atoms with Crippen molar-refractivity contribution in [3.8, 4) is 0 Å². The van der Waals surface area contributed by atoms with E-state index in [4.69, 9.17) is 72.4 Å². The highest BCUT2D eigenvalue weighted by molar-refractivity contribution is 7.97. The lowest BCUT2D eigenvalue weighted by atomic mass is 9.82. The number of hydrogen-bond donors (Lipinski definition) is 9. The van der Waals surface area contributed by atoms with Gasteiger partial charge in [-0.1, -0.05) is 117 Å². The number of hydrogen-bond acceptors (Lipinski definition) is 30. The summed E-state index contributed by atoms with van der Waals surface area (Å²) < 4.78 is 71.7. The Bertz CT molecular complexity index is 4010. The van der Waals surface area contributed by atoms with Gasteiger partial charge in [0.1, 0.15) is 29.3 Å². The van der Waals surface area contributed by atoms with E-state index in [2.05, 4.69) is 31.6 Å². The third-order valence-electron chi connectivity index (χ3n) is 23.6. The molecule has 1 aromatic heterocycles. The van der Waals surface area contributed by atoms with Gasteiger partial charge in [0.15, 0.2) is 23.5 Å². The zero-order valence-electron chi connectivity index (χ0n) is 84.3. The smallest absolute Gasteiger partial charge is 0.306 e. The first kappa shape index (κ1) is 128. The summed E-state index contributed by atoms with van der Waals surface area (Å²) in [6.07, 6.45) is 4.86. The van der Waals surface area contributed by atoms with Crippen LogP contribution in [0.5, 0.6) is 0 Å². The Morgan fingerprint density at radius 3 is 1.54 bits per heavy atom. The van der Waals surface area contributed by atoms with Crippen LogP contribution < -0.4 is 32.3 Å². The zero-order chi connectivity index (χ0) is 103. The monoisotopic (exact) mass is 2020 g/mol. The quantitative estimate of drug-likeness (QED) is 0.0145. The van der Waals surface area contributed by atoms with Gasteiger partial charge in [-0.2, -0.15) is 11.8 Å². The number of carboxylic acids is 3. The molecule has 796 valence electrons. The number of unbranched alkanes of at least 4 members (excludes halogenated alkanes) is 1. The lowest BCUT2D eigenvalue weighted by Crippen LogP contribution is -2.58. The van der Waals surface area contributed by atoms with Crippen LogP contribution in [0.4, 0.5) is 0 Å². The van der Waals surface area contributed by atoms with E-state index >= 15 is 9.59 Å². The predicted molar refractivity (Wildman–Crippen MR) is 531 cm³/mol. The van der Waals surface area contributed by atoms with Gasteiger partial charge in [-0.3, -0.25) is 62.3 Å². The molecule has 12 atom stereocenters. The summed E-state index contributed by atoms with van der Waals surface area (Å²) in [5, 5.41) is 44.3. The zero-order valence-corrected chi connectivity index (χ0v) is 85.9. The summed E-state index contributed by atoms with van der Waals surface area (Å²) in [6.45, 7) is 24.4. The molecule has 0 spiro atoms. The molecule has 4 rings (SSSR count). The first-order valence-corrected chi connectivity index (χ1v) is 51.1. The lowest BCUT2D eigenvalue weighted by Gasteiger charge is -2.44. The number of thioether (sulfide) groups is 1. The number of thiazole rings is 1. The number of Topliss-reactive ketones (excluding diaryl/α,β-unsaturated/α-hetero) is 3. The second-order valence-corrected chi connectivity index (χ2v) is 37.3. The van der Waals surface area contributed by atoms with Gasteiger partial charge in [0, 0.05) is 120 Å². The van der Waals surface area contributed by atoms with Gasteiger partial charge in [-0.15, -0.1) is 11.3 Å². The highest BCUT2D eigenvalue weighted by Crippen LogP contribution is 2.35. The summed E-state index contributed by atoms with van der Waals surface area (Å²) in [4.78, 5) is 181. The van der Waals surface area contributed by atoms with Crippen LogP contribution in [0, 0.1) is 35.5 Å². The Morgan fingerprint density at radius 1 is 0.557 bits per heavy atom. The molecule has 38 nitrogen and oxygen atoms in total. The number of likely N-dealkylation sites (tertiary alicyclic amines) is 1. The van der Waals surface area contributed by atoms with Crippen LogP contribution in [-0.4, -0.2) is 348 Å². The van der Waals surface area contributed by atoms with Crippen LogP contribution in [0.3, 0.4) is 0 Å². The SMILES string of the molecule is C.CC[C@H](C)[C@H](CC(=O)[C@H]1CCCC[N+]1(C)Cc1ccc(CC(=O)[C@H](CCC(=O)O)NC(=O)[C@@H](CC(=O)[C@H](CCCCNC(=O)CCOCCOCCOCCOCCOCCOCCOCCOCCOCCOCCOCCOC)NC(=O)[C@H](CN)NC(=O)CCC(=O)O)C(C)C)cc1)C(=O)N(C)[C@H](C[C@@H](OC(C)=O)c1nc(C(=O)N[C@@H](Cc2ccccc2)C[C@H](C)C(=O)O)cs1)C(C)C.CSC. The molecule has 1 unspecified atom stereocenters. The molecule has 1 fully saturated rings. The summed E-state index contributed by atoms with van der Waals surface area (Å²) in [7, 11) is 5.37. The van der Waals surface area contributed by atoms with Crippen molar-refractivity contribution in [2.75, 3.05) is 205 Å². The maximum Gasteiger partial charge on any atom is 0.306 e. The molecule has 2 heterocycles. The summed E-state index contributed by atoms with van der Waals surface area (Å²) in [5.41, 5.74) is 8.30. The fraction of sp³-hybridized carbons (Fsp3) is 0.720. The Balaban J connectivity index is 0.0000163. The summed E-state index contributed by atoms with van der Waals surface area (Å²) in [5.74, 6) is -12.1. The minimum Gasteiger partial charge on any atom is -0.481 e. The number of ketones is 3. The fourth-order valence-electron chi connectivity index (χ4n) is 15.5. The van der Waals surface area contributed by atoms with Crippen LogP contribution in [-0.2, 0) is 139 Å². The number of likely N-dealkylation sites (N-methyl/N-ethyl adjacent to an activating group) is 1. The number of esters is 1. The number of carbonyl (C=O) groups is 13. The van der Waals surface area contributed by atoms with E-state index < -0.39 is 157 Å². The fourth-order valence-corrected chi connectivity index (χ4v) is 16.4. The summed E-state index contributed by atoms with van der Waals surface area (Å²) >= 11 is 2.88. The third-order valence-corrected chi connectivity index (χ3v) is 24.5. The average molecular weight is 2020 g/mol. The van der Waals surface area contributed by atoms with Gasteiger partial charge in [0.25, 0.3) is 5.91 Å². The van der Waals surface area contributed by atoms with Gasteiger partial charge >= 0.3 is 23.9 Å². The second kappa shape index (κ2) is 76.2. The number of carboxylic acid groups (broad SMARTS) is 3. The second-order valence-electron chi connectivity index (χ2n) is 35.6. The van der Waals surface area contributed by atoms with E-state index in [1.54, 1.807) is 69.1 Å². The molecular formula is C100H166N9O29S2+. The Hall–Kier alpha value is -8.43. The molecule has 0 bridgehead atoms. The molecule has 6 amide bonds. The normalized spacial score (nSPS) is 15.7.